The van der Waals surface area contributed by atoms with Crippen molar-refractivity contribution in [2.75, 3.05) is 19.5 Å². The highest BCUT2D eigenvalue weighted by Crippen LogP contribution is 2.50. The summed E-state index contributed by atoms with van der Waals surface area (Å²) in [6.45, 7) is 1.95. The summed E-state index contributed by atoms with van der Waals surface area (Å²) in [4.78, 5) is 33.2. The van der Waals surface area contributed by atoms with Gasteiger partial charge in [0.2, 0.25) is 0 Å². The molecule has 5 rings (SSSR count). The van der Waals surface area contributed by atoms with E-state index < -0.39 is 17.4 Å². The molecule has 7 heteroatoms. The monoisotopic (exact) mass is 442 g/mol. The average molecular weight is 442 g/mol. The number of methoxy groups -OCH3 is 2. The number of hydrogen-bond acceptors (Lipinski definition) is 6. The summed E-state index contributed by atoms with van der Waals surface area (Å²) >= 11 is 0. The van der Waals surface area contributed by atoms with E-state index in [1.165, 1.54) is 7.11 Å². The minimum atomic E-state index is -1.60. The fourth-order valence-electron chi connectivity index (χ4n) is 4.46. The Hall–Kier alpha value is -4.13. The Morgan fingerprint density at radius 3 is 2.45 bits per heavy atom. The highest BCUT2D eigenvalue weighted by Gasteiger charge is 2.63. The van der Waals surface area contributed by atoms with Crippen molar-refractivity contribution >= 4 is 23.1 Å². The molecule has 0 radical (unpaired) electrons. The first-order chi connectivity index (χ1) is 16.0. The van der Waals surface area contributed by atoms with Crippen LogP contribution in [0.2, 0.25) is 0 Å². The number of nitrogens with zero attached hydrogens (tertiary/aromatic N) is 1. The van der Waals surface area contributed by atoms with Crippen LogP contribution >= 0.6 is 0 Å². The van der Waals surface area contributed by atoms with Gasteiger partial charge in [-0.1, -0.05) is 53.2 Å². The second kappa shape index (κ2) is 7.78. The molecular formula is C26H22N2O5. The number of ether oxygens (including phenoxy) is 2. The molecule has 33 heavy (non-hydrogen) atoms. The van der Waals surface area contributed by atoms with E-state index in [1.54, 1.807) is 49.6 Å². The Labute approximate surface area is 191 Å². The first-order valence-electron chi connectivity index (χ1n) is 10.5. The maximum absolute atomic E-state index is 13.9. The molecule has 3 aromatic carbocycles. The first-order valence-corrected chi connectivity index (χ1v) is 10.5. The lowest BCUT2D eigenvalue weighted by Crippen LogP contribution is -2.46. The van der Waals surface area contributed by atoms with E-state index in [0.717, 1.165) is 5.56 Å². The van der Waals surface area contributed by atoms with Gasteiger partial charge in [0.25, 0.3) is 11.5 Å². The van der Waals surface area contributed by atoms with Gasteiger partial charge >= 0.3 is 0 Å². The zero-order valence-corrected chi connectivity index (χ0v) is 18.4. The third-order valence-corrected chi connectivity index (χ3v) is 6.16. The van der Waals surface area contributed by atoms with Gasteiger partial charge in [-0.2, -0.15) is 0 Å². The number of ketones is 1. The summed E-state index contributed by atoms with van der Waals surface area (Å²) in [6, 6.07) is 19.7. The van der Waals surface area contributed by atoms with E-state index in [-0.39, 0.29) is 5.78 Å². The molecule has 2 unspecified atom stereocenters. The molecule has 166 valence electrons. The number of amides is 1. The second-order valence-electron chi connectivity index (χ2n) is 8.04. The van der Waals surface area contributed by atoms with Crippen LogP contribution in [0, 0.1) is 12.8 Å². The van der Waals surface area contributed by atoms with Gasteiger partial charge in [-0.05, 0) is 31.2 Å². The number of anilines is 1. The number of aryl methyl sites for hydroxylation is 1. The molecule has 2 aliphatic heterocycles. The van der Waals surface area contributed by atoms with Crippen LogP contribution in [0.1, 0.15) is 27.0 Å². The van der Waals surface area contributed by atoms with E-state index in [1.807, 2.05) is 31.2 Å². The fourth-order valence-corrected chi connectivity index (χ4v) is 4.46. The molecule has 1 spiro atoms. The molecule has 2 heterocycles. The van der Waals surface area contributed by atoms with Crippen molar-refractivity contribution in [1.29, 1.82) is 0 Å². The van der Waals surface area contributed by atoms with Crippen LogP contribution in [0.3, 0.4) is 0 Å². The maximum Gasteiger partial charge on any atom is 0.277 e. The molecule has 3 aromatic rings. The van der Waals surface area contributed by atoms with Crippen molar-refractivity contribution in [3.63, 3.8) is 0 Å². The lowest BCUT2D eigenvalue weighted by molar-refractivity contribution is -0.140. The highest BCUT2D eigenvalue weighted by molar-refractivity contribution is 6.24. The van der Waals surface area contributed by atoms with Crippen molar-refractivity contribution in [3.8, 4) is 11.5 Å². The second-order valence-corrected chi connectivity index (χ2v) is 8.04. The van der Waals surface area contributed by atoms with E-state index in [0.29, 0.717) is 39.6 Å². The topological polar surface area (TPSA) is 86.2 Å². The van der Waals surface area contributed by atoms with Gasteiger partial charge in [0.1, 0.15) is 11.6 Å². The maximum atomic E-state index is 13.9. The van der Waals surface area contributed by atoms with Crippen LogP contribution in [0.5, 0.6) is 11.5 Å². The Bertz CT molecular complexity index is 1300. The Kier molecular flexibility index (Phi) is 4.89. The molecule has 0 saturated heterocycles. The molecular weight excluding hydrogens is 420 g/mol. The van der Waals surface area contributed by atoms with E-state index in [9.17, 15) is 9.59 Å². The predicted octanol–water partition coefficient (Wildman–Crippen LogP) is 4.09. The summed E-state index contributed by atoms with van der Waals surface area (Å²) in [7, 11) is 3.08. The Balaban J connectivity index is 1.68. The van der Waals surface area contributed by atoms with E-state index >= 15 is 0 Å². The van der Waals surface area contributed by atoms with Crippen molar-refractivity contribution < 1.29 is 23.9 Å². The average Bonchev–Trinajstić information content (AvgIpc) is 3.37. The van der Waals surface area contributed by atoms with Crippen LogP contribution in [-0.4, -0.2) is 31.6 Å². The lowest BCUT2D eigenvalue weighted by atomic mass is 9.74. The highest BCUT2D eigenvalue weighted by atomic mass is 16.7. The minimum Gasteiger partial charge on any atom is -0.493 e. The molecule has 2 aliphatic rings. The lowest BCUT2D eigenvalue weighted by Gasteiger charge is -2.26. The van der Waals surface area contributed by atoms with Crippen molar-refractivity contribution in [2.45, 2.75) is 12.5 Å². The molecule has 0 aromatic heterocycles. The van der Waals surface area contributed by atoms with Gasteiger partial charge in [0.15, 0.2) is 17.3 Å². The number of oxime groups is 1. The van der Waals surface area contributed by atoms with E-state index in [4.69, 9.17) is 14.3 Å². The standard InChI is InChI=1S/C26H22N2O5/c1-15-8-10-16(11-9-15)24(29)22-23(17-12-13-20(31-2)21(14-17)32-3)28-33-26(22)18-6-4-5-7-19(18)27-25(26)30/h4-14,22H,1-3H3,(H,27,30). The van der Waals surface area contributed by atoms with E-state index in [2.05, 4.69) is 10.5 Å². The molecule has 2 atom stereocenters. The third-order valence-electron chi connectivity index (χ3n) is 6.16. The van der Waals surface area contributed by atoms with Gasteiger partial charge < -0.3 is 19.6 Å². The van der Waals surface area contributed by atoms with Gasteiger partial charge in [0.05, 0.1) is 14.2 Å². The summed E-state index contributed by atoms with van der Waals surface area (Å²) in [5.41, 5.74) is 2.05. The van der Waals surface area contributed by atoms with Crippen LogP contribution in [0.4, 0.5) is 5.69 Å². The number of benzene rings is 3. The van der Waals surface area contributed by atoms with Gasteiger partial charge in [0, 0.05) is 22.4 Å². The zero-order valence-electron chi connectivity index (χ0n) is 18.4. The summed E-state index contributed by atoms with van der Waals surface area (Å²) in [5, 5.41) is 7.16. The van der Waals surface area contributed by atoms with Crippen molar-refractivity contribution in [2.24, 2.45) is 11.1 Å². The SMILES string of the molecule is COc1ccc(C2=NOC3(C(=O)Nc4ccccc43)C2C(=O)c2ccc(C)cc2)cc1OC. The fraction of sp³-hybridized carbons (Fsp3) is 0.192. The number of carbonyl (C=O) groups excluding carboxylic acids is 2. The number of Topliss-reactive ketones (excluding diaryl/α,β-unsaturated/α-hetero) is 1. The zero-order chi connectivity index (χ0) is 23.2. The minimum absolute atomic E-state index is 0.257. The van der Waals surface area contributed by atoms with Crippen LogP contribution < -0.4 is 14.8 Å². The molecule has 0 saturated carbocycles. The smallest absolute Gasteiger partial charge is 0.277 e. The normalized spacial score (nSPS) is 20.6. The van der Waals surface area contributed by atoms with Gasteiger partial charge in [-0.15, -0.1) is 0 Å². The summed E-state index contributed by atoms with van der Waals surface area (Å²) < 4.78 is 10.8. The summed E-state index contributed by atoms with van der Waals surface area (Å²) in [5.74, 6) is -0.652. The largest absolute Gasteiger partial charge is 0.493 e. The Morgan fingerprint density at radius 1 is 1.00 bits per heavy atom. The van der Waals surface area contributed by atoms with Crippen molar-refractivity contribution in [1.82, 2.24) is 0 Å². The number of para-hydroxylation sites is 1. The number of rotatable bonds is 5. The van der Waals surface area contributed by atoms with Gasteiger partial charge in [-0.3, -0.25) is 9.59 Å². The number of carbonyl (C=O) groups is 2. The molecule has 0 bridgehead atoms. The molecule has 7 nitrogen and oxygen atoms in total. The van der Waals surface area contributed by atoms with Gasteiger partial charge in [-0.25, -0.2) is 0 Å². The predicted molar refractivity (Wildman–Crippen MR) is 123 cm³/mol. The van der Waals surface area contributed by atoms with Crippen LogP contribution in [-0.2, 0) is 15.2 Å². The number of hydrogen-bond donors (Lipinski definition) is 1. The number of fused-ring (bicyclic) bond motifs is 2. The molecule has 1 N–H and O–H groups in total. The quantitative estimate of drug-likeness (QED) is 0.602. The first kappa shape index (κ1) is 20.8. The molecule has 1 amide bonds. The van der Waals surface area contributed by atoms with Crippen LogP contribution in [0.25, 0.3) is 0 Å². The summed E-state index contributed by atoms with van der Waals surface area (Å²) in [6.07, 6.45) is 0. The third kappa shape index (κ3) is 3.08. The molecule has 0 fully saturated rings. The number of nitrogens with one attached hydrogen (secondary N) is 1. The Morgan fingerprint density at radius 2 is 1.73 bits per heavy atom. The van der Waals surface area contributed by atoms with Crippen LogP contribution in [0.15, 0.2) is 71.9 Å². The molecule has 0 aliphatic carbocycles. The van der Waals surface area contributed by atoms with Crippen molar-refractivity contribution in [3.05, 3.63) is 89.0 Å².